The molecule has 9 heteroatoms. The van der Waals surface area contributed by atoms with Gasteiger partial charge in [-0.15, -0.1) is 5.10 Å². The van der Waals surface area contributed by atoms with Gasteiger partial charge in [-0.25, -0.2) is 9.48 Å². The molecule has 1 aromatic heterocycles. The van der Waals surface area contributed by atoms with Crippen molar-refractivity contribution in [3.8, 4) is 0 Å². The molecule has 1 aromatic carbocycles. The molecular weight excluding hydrogens is 314 g/mol. The van der Waals surface area contributed by atoms with Gasteiger partial charge in [0, 0.05) is 17.3 Å². The Hall–Kier alpha value is -3.23. The van der Waals surface area contributed by atoms with Gasteiger partial charge in [0.1, 0.15) is 6.54 Å². The first-order valence-electron chi connectivity index (χ1n) is 7.19. The first-order valence-corrected chi connectivity index (χ1v) is 7.19. The molecule has 0 saturated heterocycles. The van der Waals surface area contributed by atoms with E-state index in [1.165, 1.54) is 6.20 Å². The van der Waals surface area contributed by atoms with Gasteiger partial charge in [0.2, 0.25) is 11.8 Å². The van der Waals surface area contributed by atoms with Crippen molar-refractivity contribution in [3.05, 3.63) is 36.2 Å². The van der Waals surface area contributed by atoms with Crippen molar-refractivity contribution < 1.29 is 19.5 Å². The van der Waals surface area contributed by atoms with Gasteiger partial charge in [-0.3, -0.25) is 9.59 Å². The van der Waals surface area contributed by atoms with Crippen LogP contribution in [0.15, 0.2) is 30.5 Å². The number of carboxylic acids is 1. The highest BCUT2D eigenvalue weighted by Gasteiger charge is 2.11. The van der Waals surface area contributed by atoms with Crippen LogP contribution in [-0.4, -0.2) is 37.9 Å². The van der Waals surface area contributed by atoms with Crippen molar-refractivity contribution in [2.45, 2.75) is 20.4 Å². The second-order valence-electron chi connectivity index (χ2n) is 5.38. The highest BCUT2D eigenvalue weighted by Crippen LogP contribution is 2.16. The first kappa shape index (κ1) is 17.1. The zero-order valence-electron chi connectivity index (χ0n) is 13.2. The number of nitrogens with one attached hydrogen (secondary N) is 2. The molecule has 2 amide bonds. The monoisotopic (exact) mass is 331 g/mol. The summed E-state index contributed by atoms with van der Waals surface area (Å²) in [5, 5.41) is 21.1. The summed E-state index contributed by atoms with van der Waals surface area (Å²) in [6, 6.07) is 6.71. The number of carbonyl (C=O) groups excluding carboxylic acids is 2. The summed E-state index contributed by atoms with van der Waals surface area (Å²) in [6.07, 6.45) is 1.17. The van der Waals surface area contributed by atoms with E-state index in [1.807, 2.05) is 0 Å². The van der Waals surface area contributed by atoms with Crippen LogP contribution >= 0.6 is 0 Å². The summed E-state index contributed by atoms with van der Waals surface area (Å²) in [5.74, 6) is -1.89. The van der Waals surface area contributed by atoms with Gasteiger partial charge in [0.05, 0.1) is 6.20 Å². The Morgan fingerprint density at radius 1 is 1.21 bits per heavy atom. The normalized spacial score (nSPS) is 10.5. The van der Waals surface area contributed by atoms with E-state index in [-0.39, 0.29) is 24.1 Å². The van der Waals surface area contributed by atoms with E-state index in [4.69, 9.17) is 5.11 Å². The maximum Gasteiger partial charge on any atom is 0.358 e. The molecule has 3 N–H and O–H groups in total. The van der Waals surface area contributed by atoms with E-state index in [2.05, 4.69) is 20.9 Å². The number of hydrogen-bond acceptors (Lipinski definition) is 5. The number of carbonyl (C=O) groups is 3. The molecule has 2 aromatic rings. The lowest BCUT2D eigenvalue weighted by Gasteiger charge is -2.10. The minimum atomic E-state index is -1.21. The SMILES string of the molecule is CC(C)C(=O)Nc1cccc(NC(=O)Cn2cc(C(=O)O)nn2)c1. The van der Waals surface area contributed by atoms with Crippen molar-refractivity contribution in [1.82, 2.24) is 15.0 Å². The average molecular weight is 331 g/mol. The minimum Gasteiger partial charge on any atom is -0.476 e. The van der Waals surface area contributed by atoms with Gasteiger partial charge in [-0.2, -0.15) is 0 Å². The lowest BCUT2D eigenvalue weighted by Crippen LogP contribution is -2.20. The number of nitrogens with zero attached hydrogens (tertiary/aromatic N) is 3. The molecule has 126 valence electrons. The fourth-order valence-electron chi connectivity index (χ4n) is 1.78. The van der Waals surface area contributed by atoms with Crippen molar-refractivity contribution in [2.24, 2.45) is 5.92 Å². The molecule has 0 spiro atoms. The Balaban J connectivity index is 1.98. The first-order chi connectivity index (χ1) is 11.3. The average Bonchev–Trinajstić information content (AvgIpc) is 2.96. The number of aromatic carboxylic acids is 1. The molecule has 9 nitrogen and oxygen atoms in total. The summed E-state index contributed by atoms with van der Waals surface area (Å²) in [7, 11) is 0. The molecule has 0 atom stereocenters. The van der Waals surface area contributed by atoms with Crippen LogP contribution in [-0.2, 0) is 16.1 Å². The van der Waals surface area contributed by atoms with Crippen LogP contribution in [0, 0.1) is 5.92 Å². The van der Waals surface area contributed by atoms with E-state index < -0.39 is 11.9 Å². The number of carboxylic acid groups (broad SMARTS) is 1. The van der Waals surface area contributed by atoms with Crippen LogP contribution in [0.4, 0.5) is 11.4 Å². The third kappa shape index (κ3) is 4.63. The Labute approximate surface area is 137 Å². The largest absolute Gasteiger partial charge is 0.476 e. The molecule has 0 aliphatic carbocycles. The molecule has 0 bridgehead atoms. The van der Waals surface area contributed by atoms with Crippen LogP contribution in [0.2, 0.25) is 0 Å². The second-order valence-corrected chi connectivity index (χ2v) is 5.38. The Morgan fingerprint density at radius 3 is 2.46 bits per heavy atom. The summed E-state index contributed by atoms with van der Waals surface area (Å²) < 4.78 is 1.13. The molecule has 0 saturated carbocycles. The number of rotatable bonds is 6. The van der Waals surface area contributed by atoms with E-state index in [0.29, 0.717) is 11.4 Å². The van der Waals surface area contributed by atoms with Gasteiger partial charge in [0.15, 0.2) is 5.69 Å². The fraction of sp³-hybridized carbons (Fsp3) is 0.267. The number of benzene rings is 1. The van der Waals surface area contributed by atoms with Crippen molar-refractivity contribution in [3.63, 3.8) is 0 Å². The zero-order chi connectivity index (χ0) is 17.7. The summed E-state index contributed by atoms with van der Waals surface area (Å²) in [6.45, 7) is 3.39. The predicted molar refractivity (Wildman–Crippen MR) is 85.5 cm³/mol. The number of aromatic nitrogens is 3. The summed E-state index contributed by atoms with van der Waals surface area (Å²) >= 11 is 0. The van der Waals surface area contributed by atoms with Gasteiger partial charge < -0.3 is 15.7 Å². The van der Waals surface area contributed by atoms with E-state index in [9.17, 15) is 14.4 Å². The summed E-state index contributed by atoms with van der Waals surface area (Å²) in [5.41, 5.74) is 0.835. The highest BCUT2D eigenvalue weighted by molar-refractivity contribution is 5.94. The molecule has 0 aliphatic rings. The van der Waals surface area contributed by atoms with Crippen molar-refractivity contribution >= 4 is 29.2 Å². The van der Waals surface area contributed by atoms with Gasteiger partial charge in [-0.1, -0.05) is 25.1 Å². The molecule has 24 heavy (non-hydrogen) atoms. The maximum absolute atomic E-state index is 12.0. The Morgan fingerprint density at radius 2 is 1.88 bits per heavy atom. The maximum atomic E-state index is 12.0. The van der Waals surface area contributed by atoms with Crippen molar-refractivity contribution in [2.75, 3.05) is 10.6 Å². The molecule has 1 heterocycles. The molecular formula is C15H17N5O4. The van der Waals surface area contributed by atoms with E-state index >= 15 is 0 Å². The van der Waals surface area contributed by atoms with Crippen LogP contribution in [0.1, 0.15) is 24.3 Å². The van der Waals surface area contributed by atoms with Gasteiger partial charge in [0.25, 0.3) is 0 Å². The number of amides is 2. The quantitative estimate of drug-likeness (QED) is 0.730. The van der Waals surface area contributed by atoms with Crippen LogP contribution < -0.4 is 10.6 Å². The molecule has 0 radical (unpaired) electrons. The smallest absolute Gasteiger partial charge is 0.358 e. The van der Waals surface area contributed by atoms with E-state index in [0.717, 1.165) is 4.68 Å². The van der Waals surface area contributed by atoms with Crippen LogP contribution in [0.5, 0.6) is 0 Å². The fourth-order valence-corrected chi connectivity index (χ4v) is 1.78. The molecule has 0 fully saturated rings. The van der Waals surface area contributed by atoms with E-state index in [1.54, 1.807) is 38.1 Å². The number of anilines is 2. The van der Waals surface area contributed by atoms with Crippen LogP contribution in [0.3, 0.4) is 0 Å². The Kier molecular flexibility index (Phi) is 5.25. The molecule has 2 rings (SSSR count). The lowest BCUT2D eigenvalue weighted by atomic mass is 10.2. The van der Waals surface area contributed by atoms with Gasteiger partial charge in [-0.05, 0) is 18.2 Å². The van der Waals surface area contributed by atoms with Gasteiger partial charge >= 0.3 is 5.97 Å². The molecule has 0 unspecified atom stereocenters. The van der Waals surface area contributed by atoms with Crippen LogP contribution in [0.25, 0.3) is 0 Å². The topological polar surface area (TPSA) is 126 Å². The van der Waals surface area contributed by atoms with Crippen molar-refractivity contribution in [1.29, 1.82) is 0 Å². The Bertz CT molecular complexity index is 769. The zero-order valence-corrected chi connectivity index (χ0v) is 13.2. The third-order valence-electron chi connectivity index (χ3n) is 3.00. The molecule has 0 aliphatic heterocycles. The highest BCUT2D eigenvalue weighted by atomic mass is 16.4. The summed E-state index contributed by atoms with van der Waals surface area (Å²) in [4.78, 5) is 34.4. The lowest BCUT2D eigenvalue weighted by molar-refractivity contribution is -0.119. The predicted octanol–water partition coefficient (Wildman–Crippen LogP) is 1.21. The second kappa shape index (κ2) is 7.36. The minimum absolute atomic E-state index is 0.123. The third-order valence-corrected chi connectivity index (χ3v) is 3.00. The standard InChI is InChI=1S/C15H17N5O4/c1-9(2)14(22)17-11-5-3-4-10(6-11)16-13(21)8-20-7-12(15(23)24)18-19-20/h3-7,9H,8H2,1-2H3,(H,16,21)(H,17,22)(H,23,24). The number of hydrogen-bond donors (Lipinski definition) is 3.